The molecule has 0 radical (unpaired) electrons. The molecule has 1 aliphatic rings. The highest BCUT2D eigenvalue weighted by Crippen LogP contribution is 2.26. The van der Waals surface area contributed by atoms with Crippen LogP contribution < -0.4 is 0 Å². The van der Waals surface area contributed by atoms with E-state index in [-0.39, 0.29) is 17.7 Å². The molecule has 0 unspecified atom stereocenters. The van der Waals surface area contributed by atoms with Crippen molar-refractivity contribution in [2.45, 2.75) is 32.1 Å². The van der Waals surface area contributed by atoms with E-state index < -0.39 is 0 Å². The van der Waals surface area contributed by atoms with E-state index in [1.807, 2.05) is 29.3 Å². The van der Waals surface area contributed by atoms with Gasteiger partial charge in [0.15, 0.2) is 0 Å². The first-order valence-corrected chi connectivity index (χ1v) is 9.68. The molecule has 2 aromatic rings. The molecule has 0 spiro atoms. The Morgan fingerprint density at radius 2 is 2.15 bits per heavy atom. The molecule has 0 bridgehead atoms. The summed E-state index contributed by atoms with van der Waals surface area (Å²) in [6, 6.07) is 3.74. The Labute approximate surface area is 157 Å². The van der Waals surface area contributed by atoms with Crippen molar-refractivity contribution in [1.29, 1.82) is 0 Å². The molecule has 138 valence electrons. The van der Waals surface area contributed by atoms with Crippen LogP contribution in [0.1, 0.15) is 45.5 Å². The minimum Gasteiger partial charge on any atom is -0.345 e. The Morgan fingerprint density at radius 1 is 1.35 bits per heavy atom. The number of thiazole rings is 1. The van der Waals surface area contributed by atoms with Crippen LogP contribution in [0.25, 0.3) is 0 Å². The number of aromatic nitrogens is 2. The molecule has 2 aromatic heterocycles. The van der Waals surface area contributed by atoms with Crippen molar-refractivity contribution < 1.29 is 9.59 Å². The van der Waals surface area contributed by atoms with Gasteiger partial charge in [-0.3, -0.25) is 14.6 Å². The largest absolute Gasteiger partial charge is 0.345 e. The average molecular weight is 372 g/mol. The number of nitrogens with zero attached hydrogens (tertiary/aromatic N) is 4. The van der Waals surface area contributed by atoms with Crippen LogP contribution in [0.3, 0.4) is 0 Å². The van der Waals surface area contributed by atoms with Gasteiger partial charge in [0.25, 0.3) is 5.91 Å². The lowest BCUT2D eigenvalue weighted by molar-refractivity contribution is -0.131. The van der Waals surface area contributed by atoms with Gasteiger partial charge in [0.05, 0.1) is 22.7 Å². The highest BCUT2D eigenvalue weighted by molar-refractivity contribution is 7.09. The van der Waals surface area contributed by atoms with Gasteiger partial charge in [0.1, 0.15) is 0 Å². The molecule has 0 aliphatic carbocycles. The number of piperidine rings is 1. The summed E-state index contributed by atoms with van der Waals surface area (Å²) in [5, 5.41) is 2.94. The van der Waals surface area contributed by atoms with Crippen LogP contribution in [0.15, 0.2) is 23.7 Å². The van der Waals surface area contributed by atoms with Gasteiger partial charge in [0.2, 0.25) is 5.91 Å². The van der Waals surface area contributed by atoms with Gasteiger partial charge in [-0.05, 0) is 31.9 Å². The summed E-state index contributed by atoms with van der Waals surface area (Å²) in [4.78, 5) is 36.9. The van der Waals surface area contributed by atoms with E-state index in [1.165, 1.54) is 4.90 Å². The monoisotopic (exact) mass is 372 g/mol. The summed E-state index contributed by atoms with van der Waals surface area (Å²) in [7, 11) is 3.45. The fourth-order valence-electron chi connectivity index (χ4n) is 3.23. The number of pyridine rings is 1. The third-order valence-electron chi connectivity index (χ3n) is 4.63. The number of carbonyl (C=O) groups excluding carboxylic acids is 2. The predicted molar refractivity (Wildman–Crippen MR) is 101 cm³/mol. The van der Waals surface area contributed by atoms with E-state index in [4.69, 9.17) is 0 Å². The van der Waals surface area contributed by atoms with E-state index in [0.717, 1.165) is 35.8 Å². The topological polar surface area (TPSA) is 66.4 Å². The van der Waals surface area contributed by atoms with Crippen molar-refractivity contribution in [1.82, 2.24) is 19.8 Å². The summed E-state index contributed by atoms with van der Waals surface area (Å²) in [6.07, 6.45) is 3.97. The molecule has 6 nitrogen and oxygen atoms in total. The van der Waals surface area contributed by atoms with E-state index in [1.54, 1.807) is 31.6 Å². The van der Waals surface area contributed by atoms with Crippen molar-refractivity contribution in [2.75, 3.05) is 27.2 Å². The van der Waals surface area contributed by atoms with E-state index in [9.17, 15) is 9.59 Å². The number of hydrogen-bond acceptors (Lipinski definition) is 5. The second-order valence-corrected chi connectivity index (χ2v) is 7.95. The molecule has 1 aliphatic heterocycles. The molecule has 7 heteroatoms. The Morgan fingerprint density at radius 3 is 2.77 bits per heavy atom. The van der Waals surface area contributed by atoms with Crippen LogP contribution in [0.4, 0.5) is 0 Å². The number of hydrogen-bond donors (Lipinski definition) is 0. The predicted octanol–water partition coefficient (Wildman–Crippen LogP) is 2.50. The standard InChI is InChI=1S/C19H24N4O2S/c1-13-21-16(12-26-13)9-18(24)23-8-4-5-15(11-23)17-7-6-14(10-20-17)19(25)22(2)3/h6-7,10,12,15H,4-5,8-9,11H2,1-3H3/t15-/m0/s1. The first-order chi connectivity index (χ1) is 12.4. The average Bonchev–Trinajstić information content (AvgIpc) is 3.06. The van der Waals surface area contributed by atoms with Gasteiger partial charge in [-0.1, -0.05) is 0 Å². The first kappa shape index (κ1) is 18.5. The van der Waals surface area contributed by atoms with Gasteiger partial charge in [0, 0.05) is 50.4 Å². The van der Waals surface area contributed by atoms with Gasteiger partial charge >= 0.3 is 0 Å². The molecular weight excluding hydrogens is 348 g/mol. The van der Waals surface area contributed by atoms with Crippen molar-refractivity contribution in [3.05, 3.63) is 45.7 Å². The lowest BCUT2D eigenvalue weighted by atomic mass is 9.93. The number of rotatable bonds is 4. The highest BCUT2D eigenvalue weighted by atomic mass is 32.1. The normalized spacial score (nSPS) is 17.2. The maximum atomic E-state index is 12.6. The first-order valence-electron chi connectivity index (χ1n) is 8.80. The van der Waals surface area contributed by atoms with Crippen LogP contribution in [0.5, 0.6) is 0 Å². The number of aryl methyl sites for hydroxylation is 1. The quantitative estimate of drug-likeness (QED) is 0.827. The van der Waals surface area contributed by atoms with Crippen LogP contribution >= 0.6 is 11.3 Å². The summed E-state index contributed by atoms with van der Waals surface area (Å²) in [5.41, 5.74) is 2.38. The summed E-state index contributed by atoms with van der Waals surface area (Å²) in [5.74, 6) is 0.288. The van der Waals surface area contributed by atoms with Crippen LogP contribution in [-0.4, -0.2) is 58.8 Å². The molecule has 3 heterocycles. The fraction of sp³-hybridized carbons (Fsp3) is 0.474. The van der Waals surface area contributed by atoms with Gasteiger partial charge in [-0.15, -0.1) is 11.3 Å². The van der Waals surface area contributed by atoms with Crippen LogP contribution in [0, 0.1) is 6.92 Å². The third kappa shape index (κ3) is 4.27. The Bertz CT molecular complexity index is 785. The zero-order valence-electron chi connectivity index (χ0n) is 15.4. The Balaban J connectivity index is 1.64. The van der Waals surface area contributed by atoms with E-state index in [0.29, 0.717) is 18.5 Å². The van der Waals surface area contributed by atoms with E-state index >= 15 is 0 Å². The number of carbonyl (C=O) groups is 2. The lowest BCUT2D eigenvalue weighted by Gasteiger charge is -2.32. The molecule has 1 saturated heterocycles. The van der Waals surface area contributed by atoms with Gasteiger partial charge in [-0.25, -0.2) is 4.98 Å². The third-order valence-corrected chi connectivity index (χ3v) is 5.45. The molecule has 2 amide bonds. The minimum absolute atomic E-state index is 0.0527. The van der Waals surface area contributed by atoms with Crippen LogP contribution in [-0.2, 0) is 11.2 Å². The Hall–Kier alpha value is -2.28. The van der Waals surface area contributed by atoms with Crippen molar-refractivity contribution in [2.24, 2.45) is 0 Å². The summed E-state index contributed by atoms with van der Waals surface area (Å²) >= 11 is 1.57. The number of likely N-dealkylation sites (tertiary alicyclic amines) is 1. The fourth-order valence-corrected chi connectivity index (χ4v) is 3.85. The second-order valence-electron chi connectivity index (χ2n) is 6.88. The molecule has 0 N–H and O–H groups in total. The molecule has 1 fully saturated rings. The second kappa shape index (κ2) is 7.95. The molecule has 3 rings (SSSR count). The molecular formula is C19H24N4O2S. The zero-order chi connectivity index (χ0) is 18.7. The molecule has 26 heavy (non-hydrogen) atoms. The molecule has 0 aromatic carbocycles. The Kier molecular flexibility index (Phi) is 5.66. The molecule has 1 atom stereocenters. The lowest BCUT2D eigenvalue weighted by Crippen LogP contribution is -2.40. The highest BCUT2D eigenvalue weighted by Gasteiger charge is 2.26. The molecule has 0 saturated carbocycles. The zero-order valence-corrected chi connectivity index (χ0v) is 16.3. The maximum absolute atomic E-state index is 12.6. The van der Waals surface area contributed by atoms with Gasteiger partial charge < -0.3 is 9.80 Å². The SMILES string of the molecule is Cc1nc(CC(=O)N2CCC[C@H](c3ccc(C(=O)N(C)C)cn3)C2)cs1. The van der Waals surface area contributed by atoms with Gasteiger partial charge in [-0.2, -0.15) is 0 Å². The number of amides is 2. The maximum Gasteiger partial charge on any atom is 0.254 e. The van der Waals surface area contributed by atoms with Crippen molar-refractivity contribution >= 4 is 23.2 Å². The summed E-state index contributed by atoms with van der Waals surface area (Å²) in [6.45, 7) is 3.41. The van der Waals surface area contributed by atoms with Crippen molar-refractivity contribution in [3.8, 4) is 0 Å². The minimum atomic E-state index is -0.0527. The smallest absolute Gasteiger partial charge is 0.254 e. The van der Waals surface area contributed by atoms with E-state index in [2.05, 4.69) is 9.97 Å². The summed E-state index contributed by atoms with van der Waals surface area (Å²) < 4.78 is 0. The van der Waals surface area contributed by atoms with Crippen LogP contribution in [0.2, 0.25) is 0 Å². The van der Waals surface area contributed by atoms with Crippen molar-refractivity contribution in [3.63, 3.8) is 0 Å².